The molecule has 10 heteroatoms. The topological polar surface area (TPSA) is 85.6 Å². The fourth-order valence-corrected chi connectivity index (χ4v) is 7.80. The van der Waals surface area contributed by atoms with Crippen molar-refractivity contribution in [3.8, 4) is 23.1 Å². The van der Waals surface area contributed by atoms with E-state index in [2.05, 4.69) is 22.4 Å². The zero-order valence-electron chi connectivity index (χ0n) is 25.0. The molecule has 5 heterocycles. The van der Waals surface area contributed by atoms with Crippen LogP contribution in [-0.4, -0.2) is 76.6 Å². The number of pyridine rings is 2. The molecule has 45 heavy (non-hydrogen) atoms. The van der Waals surface area contributed by atoms with Gasteiger partial charge in [-0.3, -0.25) is 14.7 Å². The van der Waals surface area contributed by atoms with Crippen molar-refractivity contribution in [3.05, 3.63) is 72.2 Å². The van der Waals surface area contributed by atoms with Gasteiger partial charge in [-0.05, 0) is 61.9 Å². The van der Waals surface area contributed by atoms with E-state index in [1.807, 2.05) is 54.7 Å². The molecule has 7 rings (SSSR count). The summed E-state index contributed by atoms with van der Waals surface area (Å²) in [6.45, 7) is 6.98. The maximum Gasteiger partial charge on any atom is 0.282 e. The van der Waals surface area contributed by atoms with Crippen LogP contribution in [0.4, 0.5) is 10.1 Å². The summed E-state index contributed by atoms with van der Waals surface area (Å²) in [5.41, 5.74) is 4.05. The second-order valence-corrected chi connectivity index (χ2v) is 12.7. The van der Waals surface area contributed by atoms with Gasteiger partial charge in [0.25, 0.3) is 5.91 Å². The fourth-order valence-electron chi connectivity index (χ4n) is 7.52. The normalized spacial score (nSPS) is 19.5. The monoisotopic (exact) mass is 624 g/mol. The van der Waals surface area contributed by atoms with Crippen molar-refractivity contribution in [1.82, 2.24) is 19.8 Å². The number of nitrogens with zero attached hydrogens (tertiary/aromatic N) is 6. The standard InChI is InChI=1S/C35H34ClFN6O2/c1-23(37)34(44)43-17-16-41(21-26(43)10-13-38)30-19-31(45-22-35-11-4-14-42(35)15-5-12-35)40-29-18-25(20-39-33(29)30)27-8-2-6-24-7-3-9-28(36)32(24)27/h2-3,6-9,18-20,26H,1,4-5,10-12,14-17,21-22H2/t26-/m0/s1. The van der Waals surface area contributed by atoms with E-state index in [-0.39, 0.29) is 18.5 Å². The average molecular weight is 625 g/mol. The fraction of sp³-hybridized carbons (Fsp3) is 0.371. The number of halogens is 2. The van der Waals surface area contributed by atoms with Crippen molar-refractivity contribution in [2.24, 2.45) is 0 Å². The van der Waals surface area contributed by atoms with Gasteiger partial charge in [-0.25, -0.2) is 9.37 Å². The van der Waals surface area contributed by atoms with Crippen LogP contribution in [0.25, 0.3) is 32.9 Å². The number of carbonyl (C=O) groups is 1. The van der Waals surface area contributed by atoms with Gasteiger partial charge in [-0.15, -0.1) is 0 Å². The molecular formula is C35H34ClFN6O2. The minimum absolute atomic E-state index is 0.0508. The smallest absolute Gasteiger partial charge is 0.282 e. The van der Waals surface area contributed by atoms with Crippen molar-refractivity contribution in [1.29, 1.82) is 5.26 Å². The Morgan fingerprint density at radius 1 is 1.13 bits per heavy atom. The van der Waals surface area contributed by atoms with Gasteiger partial charge in [0, 0.05) is 47.9 Å². The van der Waals surface area contributed by atoms with Crippen molar-refractivity contribution in [2.75, 3.05) is 44.2 Å². The lowest BCUT2D eigenvalue weighted by Gasteiger charge is -2.41. The molecule has 0 aliphatic carbocycles. The number of rotatable bonds is 7. The molecule has 0 bridgehead atoms. The summed E-state index contributed by atoms with van der Waals surface area (Å²) in [7, 11) is 0. The van der Waals surface area contributed by atoms with E-state index in [0.717, 1.165) is 53.5 Å². The molecule has 0 unspecified atom stereocenters. The van der Waals surface area contributed by atoms with Crippen LogP contribution in [0.15, 0.2) is 67.1 Å². The lowest BCUT2D eigenvalue weighted by atomic mass is 9.95. The molecule has 2 aromatic heterocycles. The molecule has 0 N–H and O–H groups in total. The lowest BCUT2D eigenvalue weighted by molar-refractivity contribution is -0.131. The predicted octanol–water partition coefficient (Wildman–Crippen LogP) is 6.52. The average Bonchev–Trinajstić information content (AvgIpc) is 3.63. The van der Waals surface area contributed by atoms with E-state index in [1.165, 1.54) is 17.7 Å². The number of piperazine rings is 1. The van der Waals surface area contributed by atoms with Crippen molar-refractivity contribution in [3.63, 3.8) is 0 Å². The molecular weight excluding hydrogens is 591 g/mol. The molecule has 0 spiro atoms. The third kappa shape index (κ3) is 5.36. The molecule has 1 amide bonds. The summed E-state index contributed by atoms with van der Waals surface area (Å²) in [6, 6.07) is 17.5. The number of ether oxygens (including phenoxy) is 1. The Balaban J connectivity index is 1.30. The highest BCUT2D eigenvalue weighted by Crippen LogP contribution is 2.40. The van der Waals surface area contributed by atoms with E-state index >= 15 is 0 Å². The largest absolute Gasteiger partial charge is 0.476 e. The Morgan fingerprint density at radius 3 is 2.67 bits per heavy atom. The molecule has 3 saturated heterocycles. The number of benzene rings is 2. The Hall–Kier alpha value is -4.26. The molecule has 3 fully saturated rings. The number of aromatic nitrogens is 2. The Kier molecular flexibility index (Phi) is 7.80. The van der Waals surface area contributed by atoms with Gasteiger partial charge in [0.15, 0.2) is 5.83 Å². The third-order valence-electron chi connectivity index (χ3n) is 9.71. The Labute approximate surface area is 266 Å². The summed E-state index contributed by atoms with van der Waals surface area (Å²) < 4.78 is 20.4. The van der Waals surface area contributed by atoms with Crippen LogP contribution >= 0.6 is 11.6 Å². The van der Waals surface area contributed by atoms with Crippen LogP contribution in [0.1, 0.15) is 32.1 Å². The van der Waals surface area contributed by atoms with Gasteiger partial charge in [0.1, 0.15) is 12.1 Å². The van der Waals surface area contributed by atoms with Gasteiger partial charge in [-0.1, -0.05) is 48.5 Å². The maximum absolute atomic E-state index is 13.9. The van der Waals surface area contributed by atoms with Crippen LogP contribution in [-0.2, 0) is 4.79 Å². The molecule has 230 valence electrons. The van der Waals surface area contributed by atoms with Crippen LogP contribution in [0.2, 0.25) is 5.02 Å². The first-order valence-electron chi connectivity index (χ1n) is 15.5. The zero-order valence-corrected chi connectivity index (χ0v) is 25.8. The van der Waals surface area contributed by atoms with Crippen LogP contribution in [0.5, 0.6) is 5.88 Å². The SMILES string of the molecule is C=C(F)C(=O)N1CCN(c2cc(OCC34CCCN3CCC4)nc3cc(-c4cccc5cccc(Cl)c45)cnc23)C[C@@H]1CC#N. The van der Waals surface area contributed by atoms with E-state index < -0.39 is 17.8 Å². The van der Waals surface area contributed by atoms with Crippen molar-refractivity contribution in [2.45, 2.75) is 43.7 Å². The highest BCUT2D eigenvalue weighted by Gasteiger charge is 2.45. The molecule has 3 aliphatic heterocycles. The van der Waals surface area contributed by atoms with Crippen molar-refractivity contribution < 1.29 is 13.9 Å². The summed E-state index contributed by atoms with van der Waals surface area (Å²) in [5, 5.41) is 12.2. The van der Waals surface area contributed by atoms with Crippen LogP contribution in [0.3, 0.4) is 0 Å². The summed E-state index contributed by atoms with van der Waals surface area (Å²) in [5.74, 6) is -1.29. The first-order valence-corrected chi connectivity index (χ1v) is 15.9. The van der Waals surface area contributed by atoms with E-state index in [9.17, 15) is 14.4 Å². The third-order valence-corrected chi connectivity index (χ3v) is 10.0. The van der Waals surface area contributed by atoms with Gasteiger partial charge < -0.3 is 14.5 Å². The lowest BCUT2D eigenvalue weighted by Crippen LogP contribution is -2.55. The predicted molar refractivity (Wildman–Crippen MR) is 174 cm³/mol. The second-order valence-electron chi connectivity index (χ2n) is 12.3. The summed E-state index contributed by atoms with van der Waals surface area (Å²) in [4.78, 5) is 28.5. The van der Waals surface area contributed by atoms with Crippen molar-refractivity contribution >= 4 is 45.0 Å². The molecule has 8 nitrogen and oxygen atoms in total. The number of hydrogen-bond acceptors (Lipinski definition) is 7. The molecule has 0 radical (unpaired) electrons. The van der Waals surface area contributed by atoms with Gasteiger partial charge >= 0.3 is 0 Å². The van der Waals surface area contributed by atoms with Gasteiger partial charge in [0.05, 0.1) is 35.3 Å². The number of fused-ring (bicyclic) bond motifs is 3. The first kappa shape index (κ1) is 29.5. The summed E-state index contributed by atoms with van der Waals surface area (Å²) in [6.07, 6.45) is 6.49. The highest BCUT2D eigenvalue weighted by atomic mass is 35.5. The van der Waals surface area contributed by atoms with Gasteiger partial charge in [0.2, 0.25) is 5.88 Å². The van der Waals surface area contributed by atoms with E-state index in [0.29, 0.717) is 41.6 Å². The second kappa shape index (κ2) is 11.9. The quantitative estimate of drug-likeness (QED) is 0.216. The number of nitriles is 1. The number of carbonyl (C=O) groups excluding carboxylic acids is 1. The van der Waals surface area contributed by atoms with E-state index in [1.54, 1.807) is 0 Å². The van der Waals surface area contributed by atoms with Crippen LogP contribution < -0.4 is 9.64 Å². The summed E-state index contributed by atoms with van der Waals surface area (Å²) >= 11 is 6.68. The molecule has 4 aromatic rings. The Bertz CT molecular complexity index is 1840. The first-order chi connectivity index (χ1) is 21.9. The molecule has 1 atom stereocenters. The molecule has 0 saturated carbocycles. The van der Waals surface area contributed by atoms with Gasteiger partial charge in [-0.2, -0.15) is 5.26 Å². The highest BCUT2D eigenvalue weighted by molar-refractivity contribution is 6.36. The van der Waals surface area contributed by atoms with E-state index in [4.69, 9.17) is 26.3 Å². The minimum Gasteiger partial charge on any atom is -0.476 e. The molecule has 2 aromatic carbocycles. The Morgan fingerprint density at radius 2 is 1.91 bits per heavy atom. The number of hydrogen-bond donors (Lipinski definition) is 0. The number of amides is 1. The molecule has 3 aliphatic rings. The maximum atomic E-state index is 13.9. The number of anilines is 1. The van der Waals surface area contributed by atoms with Crippen LogP contribution in [0, 0.1) is 11.3 Å². The zero-order chi connectivity index (χ0) is 31.1. The minimum atomic E-state index is -1.02.